The van der Waals surface area contributed by atoms with Crippen molar-refractivity contribution >= 4 is 33.2 Å². The van der Waals surface area contributed by atoms with Crippen LogP contribution in [0.3, 0.4) is 0 Å². The molecule has 0 amide bonds. The second-order valence-electron chi connectivity index (χ2n) is 2.46. The minimum atomic E-state index is -2.87. The van der Waals surface area contributed by atoms with Gasteiger partial charge in [0.15, 0.2) is 0 Å². The number of rotatable bonds is 2. The molecule has 14 heavy (non-hydrogen) atoms. The first kappa shape index (κ1) is 9.61. The predicted octanol–water partition coefficient (Wildman–Crippen LogP) is 3.55. The van der Waals surface area contributed by atoms with Crippen LogP contribution in [0.5, 0.6) is 5.75 Å². The van der Waals surface area contributed by atoms with Crippen LogP contribution in [-0.4, -0.2) is 11.6 Å². The van der Waals surface area contributed by atoms with Crippen molar-refractivity contribution in [3.63, 3.8) is 0 Å². The molecule has 0 saturated carbocycles. The average molecular weight is 236 g/mol. The molecule has 2 aromatic rings. The van der Waals surface area contributed by atoms with Gasteiger partial charge in [0.05, 0.1) is 10.2 Å². The zero-order valence-corrected chi connectivity index (χ0v) is 8.28. The largest absolute Gasteiger partial charge is 0.433 e. The van der Waals surface area contributed by atoms with E-state index in [-0.39, 0.29) is 10.8 Å². The molecule has 0 saturated heterocycles. The molecule has 0 unspecified atom stereocenters. The lowest BCUT2D eigenvalue weighted by molar-refractivity contribution is -0.0496. The van der Waals surface area contributed by atoms with E-state index in [1.54, 1.807) is 11.6 Å². The third kappa shape index (κ3) is 1.65. The lowest BCUT2D eigenvalue weighted by Crippen LogP contribution is -2.02. The first-order valence-corrected chi connectivity index (χ1v) is 4.91. The summed E-state index contributed by atoms with van der Waals surface area (Å²) >= 11 is 7.20. The van der Waals surface area contributed by atoms with Crippen molar-refractivity contribution in [1.82, 2.24) is 4.98 Å². The van der Waals surface area contributed by atoms with Gasteiger partial charge in [-0.3, -0.25) is 0 Å². The average Bonchev–Trinajstić information content (AvgIpc) is 2.57. The van der Waals surface area contributed by atoms with Crippen molar-refractivity contribution in [3.05, 3.63) is 22.7 Å². The molecule has 0 N–H and O–H groups in total. The number of alkyl halides is 2. The molecule has 0 aliphatic rings. The van der Waals surface area contributed by atoms with E-state index < -0.39 is 6.61 Å². The first-order valence-electron chi connectivity index (χ1n) is 3.65. The second-order valence-corrected chi connectivity index (χ2v) is 3.72. The van der Waals surface area contributed by atoms with Crippen LogP contribution in [0, 0.1) is 0 Å². The van der Waals surface area contributed by atoms with Crippen molar-refractivity contribution < 1.29 is 13.5 Å². The highest BCUT2D eigenvalue weighted by molar-refractivity contribution is 7.16. The summed E-state index contributed by atoms with van der Waals surface area (Å²) in [5.74, 6) is -0.0416. The van der Waals surface area contributed by atoms with Crippen molar-refractivity contribution in [2.75, 3.05) is 0 Å². The molecular weight excluding hydrogens is 232 g/mol. The second kappa shape index (κ2) is 3.67. The number of thiazole rings is 1. The first-order chi connectivity index (χ1) is 6.68. The van der Waals surface area contributed by atoms with E-state index in [4.69, 9.17) is 11.6 Å². The van der Waals surface area contributed by atoms with E-state index >= 15 is 0 Å². The summed E-state index contributed by atoms with van der Waals surface area (Å²) in [4.78, 5) is 3.95. The van der Waals surface area contributed by atoms with Crippen LogP contribution in [0.25, 0.3) is 10.2 Å². The van der Waals surface area contributed by atoms with E-state index in [9.17, 15) is 8.78 Å². The Hall–Kier alpha value is -0.940. The monoisotopic (exact) mass is 235 g/mol. The van der Waals surface area contributed by atoms with Crippen LogP contribution >= 0.6 is 22.9 Å². The quantitative estimate of drug-likeness (QED) is 0.794. The number of fused-ring (bicyclic) bond motifs is 1. The van der Waals surface area contributed by atoms with E-state index in [1.165, 1.54) is 17.4 Å². The van der Waals surface area contributed by atoms with Gasteiger partial charge < -0.3 is 4.74 Å². The van der Waals surface area contributed by atoms with Gasteiger partial charge in [-0.25, -0.2) is 4.98 Å². The van der Waals surface area contributed by atoms with E-state index in [0.29, 0.717) is 5.52 Å². The lowest BCUT2D eigenvalue weighted by atomic mass is 10.3. The molecule has 1 aromatic heterocycles. The fourth-order valence-electron chi connectivity index (χ4n) is 1.07. The van der Waals surface area contributed by atoms with Crippen LogP contribution in [0.2, 0.25) is 5.02 Å². The number of hydrogen-bond acceptors (Lipinski definition) is 3. The lowest BCUT2D eigenvalue weighted by Gasteiger charge is -2.05. The fourth-order valence-corrected chi connectivity index (χ4v) is 2.07. The number of ether oxygens (including phenoxy) is 1. The normalized spacial score (nSPS) is 11.1. The van der Waals surface area contributed by atoms with Crippen molar-refractivity contribution in [1.29, 1.82) is 0 Å². The summed E-state index contributed by atoms with van der Waals surface area (Å²) in [7, 11) is 0. The van der Waals surface area contributed by atoms with Gasteiger partial charge in [0.1, 0.15) is 16.3 Å². The van der Waals surface area contributed by atoms with Gasteiger partial charge in [-0.15, -0.1) is 11.3 Å². The highest BCUT2D eigenvalue weighted by Crippen LogP contribution is 2.34. The molecule has 2 rings (SSSR count). The van der Waals surface area contributed by atoms with E-state index in [2.05, 4.69) is 9.72 Å². The third-order valence-electron chi connectivity index (χ3n) is 1.62. The van der Waals surface area contributed by atoms with Crippen LogP contribution < -0.4 is 4.74 Å². The Balaban J connectivity index is 2.51. The summed E-state index contributed by atoms with van der Waals surface area (Å²) in [6.07, 6.45) is 0. The molecule has 0 spiro atoms. The number of benzene rings is 1. The minimum Gasteiger partial charge on any atom is -0.433 e. The van der Waals surface area contributed by atoms with Gasteiger partial charge in [0, 0.05) is 0 Å². The Labute approximate surface area is 87.1 Å². The summed E-state index contributed by atoms with van der Waals surface area (Å²) in [6.45, 7) is -2.87. The van der Waals surface area contributed by atoms with Gasteiger partial charge in [-0.1, -0.05) is 11.6 Å². The molecule has 0 aliphatic carbocycles. The highest BCUT2D eigenvalue weighted by atomic mass is 35.5. The van der Waals surface area contributed by atoms with E-state index in [1.807, 2.05) is 0 Å². The van der Waals surface area contributed by atoms with Crippen LogP contribution in [0.1, 0.15) is 0 Å². The molecule has 1 aromatic carbocycles. The van der Waals surface area contributed by atoms with Gasteiger partial charge >= 0.3 is 6.61 Å². The summed E-state index contributed by atoms with van der Waals surface area (Å²) in [5.41, 5.74) is 2.10. The van der Waals surface area contributed by atoms with Crippen molar-refractivity contribution in [2.24, 2.45) is 0 Å². The van der Waals surface area contributed by atoms with Crippen molar-refractivity contribution in [3.8, 4) is 5.75 Å². The molecule has 0 atom stereocenters. The van der Waals surface area contributed by atoms with Crippen LogP contribution in [0.4, 0.5) is 8.78 Å². The van der Waals surface area contributed by atoms with Crippen LogP contribution in [-0.2, 0) is 0 Å². The highest BCUT2D eigenvalue weighted by Gasteiger charge is 2.12. The van der Waals surface area contributed by atoms with Gasteiger partial charge in [-0.2, -0.15) is 8.78 Å². The smallest absolute Gasteiger partial charge is 0.387 e. The summed E-state index contributed by atoms with van der Waals surface area (Å²) in [5, 5.41) is 0.129. The summed E-state index contributed by atoms with van der Waals surface area (Å²) in [6, 6.07) is 3.06. The van der Waals surface area contributed by atoms with Crippen LogP contribution in [0.15, 0.2) is 17.6 Å². The van der Waals surface area contributed by atoms with Crippen molar-refractivity contribution in [2.45, 2.75) is 6.61 Å². The molecule has 0 aliphatic heterocycles. The SMILES string of the molecule is FC(F)Oc1ccc2scnc2c1Cl. The Kier molecular flexibility index (Phi) is 2.52. The molecule has 0 bridgehead atoms. The maximum Gasteiger partial charge on any atom is 0.387 e. The number of aromatic nitrogens is 1. The Morgan fingerprint density at radius 3 is 2.93 bits per heavy atom. The Bertz CT molecular complexity index is 460. The molecule has 6 heteroatoms. The maximum atomic E-state index is 11.9. The standard InChI is InChI=1S/C8H4ClF2NOS/c9-6-4(13-8(10)11)1-2-5-7(6)12-3-14-5/h1-3,8H. The van der Waals surface area contributed by atoms with Gasteiger partial charge in [0.2, 0.25) is 0 Å². The Morgan fingerprint density at radius 1 is 1.43 bits per heavy atom. The van der Waals surface area contributed by atoms with Gasteiger partial charge in [0.25, 0.3) is 0 Å². The van der Waals surface area contributed by atoms with E-state index in [0.717, 1.165) is 4.70 Å². The maximum absolute atomic E-state index is 11.9. The zero-order chi connectivity index (χ0) is 10.1. The Morgan fingerprint density at radius 2 is 2.21 bits per heavy atom. The third-order valence-corrected chi connectivity index (χ3v) is 2.78. The predicted molar refractivity (Wildman–Crippen MR) is 51.3 cm³/mol. The summed E-state index contributed by atoms with van der Waals surface area (Å²) < 4.78 is 28.9. The molecule has 74 valence electrons. The minimum absolute atomic E-state index is 0.0416. The molecular formula is C8H4ClF2NOS. The fraction of sp³-hybridized carbons (Fsp3) is 0.125. The molecule has 2 nitrogen and oxygen atoms in total. The topological polar surface area (TPSA) is 22.1 Å². The number of halogens is 3. The number of nitrogens with zero attached hydrogens (tertiary/aromatic N) is 1. The zero-order valence-electron chi connectivity index (χ0n) is 6.71. The molecule has 1 heterocycles. The molecule has 0 fully saturated rings. The van der Waals surface area contributed by atoms with Gasteiger partial charge in [-0.05, 0) is 12.1 Å². The number of hydrogen-bond donors (Lipinski definition) is 0. The molecule has 0 radical (unpaired) electrons.